The van der Waals surface area contributed by atoms with Crippen LogP contribution in [-0.2, 0) is 0 Å². The molecule has 31 heavy (non-hydrogen) atoms. The Hall–Kier alpha value is -3.98. The van der Waals surface area contributed by atoms with Crippen molar-refractivity contribution in [3.8, 4) is 11.5 Å². The number of phenols is 2. The van der Waals surface area contributed by atoms with Gasteiger partial charge >= 0.3 is 0 Å². The van der Waals surface area contributed by atoms with Crippen LogP contribution in [0.1, 0.15) is 22.3 Å². The van der Waals surface area contributed by atoms with E-state index in [0.717, 1.165) is 28.2 Å². The first-order chi connectivity index (χ1) is 15.0. The second-order valence-electron chi connectivity index (χ2n) is 7.71. The van der Waals surface area contributed by atoms with Gasteiger partial charge in [0.15, 0.2) is 0 Å². The fourth-order valence-corrected chi connectivity index (χ4v) is 3.48. The molecule has 0 aliphatic heterocycles. The molecule has 0 bridgehead atoms. The zero-order valence-corrected chi connectivity index (χ0v) is 17.7. The van der Waals surface area contributed by atoms with Crippen molar-refractivity contribution >= 4 is 29.2 Å². The molecule has 4 aromatic rings. The van der Waals surface area contributed by atoms with E-state index in [9.17, 15) is 10.2 Å². The molecular weight excluding hydrogens is 382 g/mol. The fourth-order valence-electron chi connectivity index (χ4n) is 3.48. The van der Waals surface area contributed by atoms with E-state index in [1.54, 1.807) is 12.1 Å². The van der Waals surface area contributed by atoms with Crippen LogP contribution in [-0.4, -0.2) is 10.2 Å². The average Bonchev–Trinajstić information content (AvgIpc) is 2.75. The summed E-state index contributed by atoms with van der Waals surface area (Å²) in [4.78, 5) is 2.24. The highest BCUT2D eigenvalue weighted by atomic mass is 16.3. The van der Waals surface area contributed by atoms with Crippen LogP contribution in [0.15, 0.2) is 91.0 Å². The van der Waals surface area contributed by atoms with E-state index in [2.05, 4.69) is 91.5 Å². The predicted molar refractivity (Wildman–Crippen MR) is 129 cm³/mol. The van der Waals surface area contributed by atoms with E-state index in [1.807, 2.05) is 12.2 Å². The number of nitrogens with zero attached hydrogens (tertiary/aromatic N) is 1. The molecule has 0 saturated heterocycles. The summed E-state index contributed by atoms with van der Waals surface area (Å²) in [6, 6.07) is 29.9. The van der Waals surface area contributed by atoms with Gasteiger partial charge in [0.2, 0.25) is 0 Å². The Bertz CT molecular complexity index is 1130. The first-order valence-electron chi connectivity index (χ1n) is 10.2. The van der Waals surface area contributed by atoms with E-state index in [1.165, 1.54) is 17.2 Å². The van der Waals surface area contributed by atoms with Gasteiger partial charge in [0.25, 0.3) is 0 Å². The monoisotopic (exact) mass is 407 g/mol. The lowest BCUT2D eigenvalue weighted by atomic mass is 10.1. The van der Waals surface area contributed by atoms with Crippen LogP contribution in [0.25, 0.3) is 12.2 Å². The molecule has 4 aromatic carbocycles. The molecule has 0 heterocycles. The van der Waals surface area contributed by atoms with E-state index >= 15 is 0 Å². The number of anilines is 3. The van der Waals surface area contributed by atoms with Crippen LogP contribution in [0, 0.1) is 13.8 Å². The number of hydrogen-bond acceptors (Lipinski definition) is 3. The smallest absolute Gasteiger partial charge is 0.119 e. The molecule has 0 aromatic heterocycles. The fraction of sp³-hybridized carbons (Fsp3) is 0.0714. The zero-order chi connectivity index (χ0) is 21.8. The van der Waals surface area contributed by atoms with Gasteiger partial charge in [0.05, 0.1) is 0 Å². The van der Waals surface area contributed by atoms with Gasteiger partial charge in [-0.2, -0.15) is 0 Å². The van der Waals surface area contributed by atoms with Crippen LogP contribution in [0.5, 0.6) is 11.5 Å². The summed E-state index contributed by atoms with van der Waals surface area (Å²) >= 11 is 0. The Morgan fingerprint density at radius 2 is 0.903 bits per heavy atom. The molecule has 0 amide bonds. The SMILES string of the molecule is Cc1ccc(N(c2ccc(C)cc2)c2ccc(/C=C/c3cc(O)cc(O)c3)cc2)cc1. The van der Waals surface area contributed by atoms with Crippen LogP contribution in [0.3, 0.4) is 0 Å². The van der Waals surface area contributed by atoms with Crippen molar-refractivity contribution in [2.24, 2.45) is 0 Å². The normalized spacial score (nSPS) is 11.0. The quantitative estimate of drug-likeness (QED) is 0.340. The lowest BCUT2D eigenvalue weighted by Crippen LogP contribution is -2.09. The number of phenolic OH excluding ortho intramolecular Hbond substituents is 2. The van der Waals surface area contributed by atoms with Gasteiger partial charge in [-0.1, -0.05) is 59.7 Å². The molecule has 0 radical (unpaired) electrons. The molecule has 0 aliphatic rings. The van der Waals surface area contributed by atoms with Crippen LogP contribution >= 0.6 is 0 Å². The largest absolute Gasteiger partial charge is 0.508 e. The molecule has 0 atom stereocenters. The summed E-state index contributed by atoms with van der Waals surface area (Å²) in [6.07, 6.45) is 3.83. The number of aryl methyl sites for hydroxylation is 2. The van der Waals surface area contributed by atoms with Gasteiger partial charge in [-0.3, -0.25) is 0 Å². The first-order valence-corrected chi connectivity index (χ1v) is 10.2. The van der Waals surface area contributed by atoms with Gasteiger partial charge in [0.1, 0.15) is 11.5 Å². The van der Waals surface area contributed by atoms with Crippen molar-refractivity contribution in [3.05, 3.63) is 113 Å². The zero-order valence-electron chi connectivity index (χ0n) is 17.7. The molecule has 0 unspecified atom stereocenters. The van der Waals surface area contributed by atoms with Crippen molar-refractivity contribution in [3.63, 3.8) is 0 Å². The summed E-state index contributed by atoms with van der Waals surface area (Å²) in [6.45, 7) is 4.18. The summed E-state index contributed by atoms with van der Waals surface area (Å²) in [7, 11) is 0. The van der Waals surface area contributed by atoms with Gasteiger partial charge in [-0.05, 0) is 73.5 Å². The molecule has 3 heteroatoms. The van der Waals surface area contributed by atoms with E-state index in [-0.39, 0.29) is 11.5 Å². The topological polar surface area (TPSA) is 43.7 Å². The van der Waals surface area contributed by atoms with Crippen molar-refractivity contribution in [2.45, 2.75) is 13.8 Å². The van der Waals surface area contributed by atoms with Gasteiger partial charge in [-0.25, -0.2) is 0 Å². The molecule has 3 nitrogen and oxygen atoms in total. The highest BCUT2D eigenvalue weighted by Crippen LogP contribution is 2.35. The maximum absolute atomic E-state index is 9.64. The molecule has 0 fully saturated rings. The maximum atomic E-state index is 9.64. The van der Waals surface area contributed by atoms with Gasteiger partial charge in [0, 0.05) is 23.1 Å². The van der Waals surface area contributed by atoms with E-state index in [4.69, 9.17) is 0 Å². The first kappa shape index (κ1) is 20.3. The third kappa shape index (κ3) is 4.96. The third-order valence-corrected chi connectivity index (χ3v) is 5.13. The second-order valence-corrected chi connectivity index (χ2v) is 7.71. The Balaban J connectivity index is 1.65. The Kier molecular flexibility index (Phi) is 5.76. The molecular formula is C28H25NO2. The van der Waals surface area contributed by atoms with Gasteiger partial charge in [-0.15, -0.1) is 0 Å². The minimum atomic E-state index is 0.0434. The standard InChI is InChI=1S/C28H25NO2/c1-20-3-11-24(12-4-20)29(25-13-5-21(2)6-14-25)26-15-9-22(10-16-26)7-8-23-17-27(30)19-28(31)18-23/h3-19,30-31H,1-2H3/b8-7+. The highest BCUT2D eigenvalue weighted by molar-refractivity contribution is 5.78. The maximum Gasteiger partial charge on any atom is 0.119 e. The lowest BCUT2D eigenvalue weighted by molar-refractivity contribution is 0.450. The number of aromatic hydroxyl groups is 2. The molecule has 4 rings (SSSR count). The summed E-state index contributed by atoms with van der Waals surface area (Å²) < 4.78 is 0. The van der Waals surface area contributed by atoms with Crippen molar-refractivity contribution in [1.82, 2.24) is 0 Å². The minimum Gasteiger partial charge on any atom is -0.508 e. The van der Waals surface area contributed by atoms with Crippen LogP contribution < -0.4 is 4.90 Å². The average molecular weight is 408 g/mol. The Labute approximate surface area is 183 Å². The van der Waals surface area contributed by atoms with E-state index in [0.29, 0.717) is 0 Å². The van der Waals surface area contributed by atoms with Crippen molar-refractivity contribution < 1.29 is 10.2 Å². The number of benzene rings is 4. The Morgan fingerprint density at radius 3 is 1.35 bits per heavy atom. The van der Waals surface area contributed by atoms with Crippen molar-refractivity contribution in [1.29, 1.82) is 0 Å². The highest BCUT2D eigenvalue weighted by Gasteiger charge is 2.12. The third-order valence-electron chi connectivity index (χ3n) is 5.13. The van der Waals surface area contributed by atoms with E-state index < -0.39 is 0 Å². The lowest BCUT2D eigenvalue weighted by Gasteiger charge is -2.25. The summed E-state index contributed by atoms with van der Waals surface area (Å²) in [5.41, 5.74) is 7.50. The number of hydrogen-bond donors (Lipinski definition) is 2. The molecule has 0 aliphatic carbocycles. The predicted octanol–water partition coefficient (Wildman–Crippen LogP) is 7.35. The number of rotatable bonds is 5. The Morgan fingerprint density at radius 1 is 0.516 bits per heavy atom. The van der Waals surface area contributed by atoms with Gasteiger partial charge < -0.3 is 15.1 Å². The second kappa shape index (κ2) is 8.80. The minimum absolute atomic E-state index is 0.0434. The molecule has 154 valence electrons. The molecule has 2 N–H and O–H groups in total. The van der Waals surface area contributed by atoms with Crippen LogP contribution in [0.2, 0.25) is 0 Å². The van der Waals surface area contributed by atoms with Crippen LogP contribution in [0.4, 0.5) is 17.1 Å². The summed E-state index contributed by atoms with van der Waals surface area (Å²) in [5.74, 6) is 0.0867. The summed E-state index contributed by atoms with van der Waals surface area (Å²) in [5, 5.41) is 19.3. The molecule has 0 saturated carbocycles. The molecule has 0 spiro atoms. The van der Waals surface area contributed by atoms with Crippen molar-refractivity contribution in [2.75, 3.05) is 4.90 Å².